The number of ether oxygens (including phenoxy) is 3. The number of nitro groups is 1. The number of anilines is 1. The number of hydrogen-bond acceptors (Lipinski definition) is 7. The topological polar surface area (TPSA) is 91.9 Å². The van der Waals surface area contributed by atoms with Crippen molar-refractivity contribution in [2.24, 2.45) is 13.0 Å². The summed E-state index contributed by atoms with van der Waals surface area (Å²) in [5.41, 5.74) is 2.50. The number of methoxy groups -OCH3 is 1. The van der Waals surface area contributed by atoms with Crippen LogP contribution < -0.4 is 9.64 Å². The predicted molar refractivity (Wildman–Crippen MR) is 102 cm³/mol. The van der Waals surface area contributed by atoms with Crippen molar-refractivity contribution in [2.45, 2.75) is 19.1 Å². The van der Waals surface area contributed by atoms with Gasteiger partial charge in [-0.25, -0.2) is 0 Å². The zero-order chi connectivity index (χ0) is 19.7. The Bertz CT molecular complexity index is 854. The maximum atomic E-state index is 11.5. The van der Waals surface area contributed by atoms with E-state index in [0.717, 1.165) is 42.7 Å². The first-order valence-electron chi connectivity index (χ1n) is 9.40. The molecule has 2 saturated heterocycles. The fourth-order valence-electron chi connectivity index (χ4n) is 3.98. The van der Waals surface area contributed by atoms with Gasteiger partial charge in [-0.05, 0) is 12.8 Å². The Kier molecular flexibility index (Phi) is 5.19. The highest BCUT2D eigenvalue weighted by Crippen LogP contribution is 2.41. The molecular formula is C19H24N4O5. The summed E-state index contributed by atoms with van der Waals surface area (Å²) in [4.78, 5) is 13.3. The first-order chi connectivity index (χ1) is 13.6. The van der Waals surface area contributed by atoms with E-state index < -0.39 is 4.92 Å². The predicted octanol–water partition coefficient (Wildman–Crippen LogP) is 2.59. The third-order valence-corrected chi connectivity index (χ3v) is 5.42. The summed E-state index contributed by atoms with van der Waals surface area (Å²) >= 11 is 0. The molecule has 2 aliphatic heterocycles. The summed E-state index contributed by atoms with van der Waals surface area (Å²) in [7, 11) is 3.28. The Balaban J connectivity index is 1.66. The molecule has 0 saturated carbocycles. The van der Waals surface area contributed by atoms with Crippen LogP contribution in [-0.4, -0.2) is 54.4 Å². The Morgan fingerprint density at radius 1 is 1.25 bits per heavy atom. The molecule has 2 fully saturated rings. The third kappa shape index (κ3) is 3.55. The van der Waals surface area contributed by atoms with E-state index in [9.17, 15) is 10.1 Å². The van der Waals surface area contributed by atoms with Gasteiger partial charge in [0, 0.05) is 61.2 Å². The molecule has 0 aliphatic carbocycles. The Morgan fingerprint density at radius 3 is 2.54 bits per heavy atom. The van der Waals surface area contributed by atoms with Gasteiger partial charge >= 0.3 is 5.69 Å². The number of benzene rings is 1. The molecule has 0 radical (unpaired) electrons. The van der Waals surface area contributed by atoms with Crippen molar-refractivity contribution in [1.82, 2.24) is 9.78 Å². The van der Waals surface area contributed by atoms with E-state index in [1.54, 1.807) is 23.0 Å². The minimum atomic E-state index is -0.413. The lowest BCUT2D eigenvalue weighted by Gasteiger charge is -2.36. The van der Waals surface area contributed by atoms with Crippen LogP contribution in [-0.2, 0) is 16.5 Å². The summed E-state index contributed by atoms with van der Waals surface area (Å²) < 4.78 is 18.3. The Morgan fingerprint density at radius 2 is 1.96 bits per heavy atom. The lowest BCUT2D eigenvalue weighted by molar-refractivity contribution is -0.385. The standard InChI is InChI=1S/C19H24N4O5/c1-21-12-14(11-20-21)15-9-17(23(24)25)18(26-2)10-16(15)22-5-3-13(4-6-22)19-27-7-8-28-19/h9-13,19H,3-8H2,1-2H3. The molecule has 4 rings (SSSR count). The van der Waals surface area contributed by atoms with Crippen LogP contribution in [0.1, 0.15) is 12.8 Å². The second-order valence-corrected chi connectivity index (χ2v) is 7.14. The van der Waals surface area contributed by atoms with Gasteiger partial charge in [-0.3, -0.25) is 14.8 Å². The van der Waals surface area contributed by atoms with Crippen molar-refractivity contribution >= 4 is 11.4 Å². The number of nitro benzene ring substituents is 1. The van der Waals surface area contributed by atoms with E-state index in [-0.39, 0.29) is 17.7 Å². The van der Waals surface area contributed by atoms with Gasteiger partial charge in [0.25, 0.3) is 0 Å². The van der Waals surface area contributed by atoms with Crippen LogP contribution in [0.15, 0.2) is 24.5 Å². The molecule has 2 aromatic rings. The van der Waals surface area contributed by atoms with E-state index in [1.165, 1.54) is 7.11 Å². The molecular weight excluding hydrogens is 364 g/mol. The van der Waals surface area contributed by atoms with Crippen LogP contribution in [0.5, 0.6) is 5.75 Å². The van der Waals surface area contributed by atoms with Gasteiger partial charge < -0.3 is 19.1 Å². The van der Waals surface area contributed by atoms with Crippen LogP contribution >= 0.6 is 0 Å². The number of hydrogen-bond donors (Lipinski definition) is 0. The van der Waals surface area contributed by atoms with E-state index in [0.29, 0.717) is 19.1 Å². The molecule has 0 spiro atoms. The fraction of sp³-hybridized carbons (Fsp3) is 0.526. The van der Waals surface area contributed by atoms with Crippen LogP contribution in [0.3, 0.4) is 0 Å². The van der Waals surface area contributed by atoms with E-state index in [4.69, 9.17) is 14.2 Å². The minimum absolute atomic E-state index is 0.0484. The average Bonchev–Trinajstić information content (AvgIpc) is 3.39. The number of aromatic nitrogens is 2. The number of aryl methyl sites for hydroxylation is 1. The molecule has 0 N–H and O–H groups in total. The van der Waals surface area contributed by atoms with Crippen LogP contribution in [0.2, 0.25) is 0 Å². The van der Waals surface area contributed by atoms with Gasteiger partial charge in [0.05, 0.1) is 31.4 Å². The molecule has 0 bridgehead atoms. The van der Waals surface area contributed by atoms with E-state index in [2.05, 4.69) is 10.00 Å². The second kappa shape index (κ2) is 7.76. The molecule has 9 heteroatoms. The van der Waals surface area contributed by atoms with Gasteiger partial charge in [0.15, 0.2) is 12.0 Å². The van der Waals surface area contributed by atoms with Gasteiger partial charge in [0.1, 0.15) is 0 Å². The average molecular weight is 388 g/mol. The van der Waals surface area contributed by atoms with Crippen LogP contribution in [0.4, 0.5) is 11.4 Å². The second-order valence-electron chi connectivity index (χ2n) is 7.14. The fourth-order valence-corrected chi connectivity index (χ4v) is 3.98. The van der Waals surface area contributed by atoms with Crippen molar-refractivity contribution in [3.05, 3.63) is 34.6 Å². The summed E-state index contributed by atoms with van der Waals surface area (Å²) in [5, 5.41) is 15.7. The van der Waals surface area contributed by atoms with Crippen molar-refractivity contribution < 1.29 is 19.1 Å². The van der Waals surface area contributed by atoms with Crippen LogP contribution in [0.25, 0.3) is 11.1 Å². The largest absolute Gasteiger partial charge is 0.490 e. The molecule has 28 heavy (non-hydrogen) atoms. The highest BCUT2D eigenvalue weighted by atomic mass is 16.7. The lowest BCUT2D eigenvalue weighted by Crippen LogP contribution is -2.38. The van der Waals surface area contributed by atoms with Gasteiger partial charge in [-0.2, -0.15) is 5.10 Å². The summed E-state index contributed by atoms with van der Waals surface area (Å²) in [6, 6.07) is 3.35. The van der Waals surface area contributed by atoms with Crippen molar-refractivity contribution in [1.29, 1.82) is 0 Å². The molecule has 2 aliphatic rings. The summed E-state index contributed by atoms with van der Waals surface area (Å²) in [5.74, 6) is 0.637. The number of piperidine rings is 1. The van der Waals surface area contributed by atoms with E-state index in [1.807, 2.05) is 13.2 Å². The summed E-state index contributed by atoms with van der Waals surface area (Å²) in [6.45, 7) is 2.97. The SMILES string of the molecule is COc1cc(N2CCC(C3OCCO3)CC2)c(-c2cnn(C)c2)cc1[N+](=O)[O-]. The van der Waals surface area contributed by atoms with Crippen molar-refractivity contribution in [2.75, 3.05) is 38.3 Å². The molecule has 1 aromatic heterocycles. The zero-order valence-electron chi connectivity index (χ0n) is 16.0. The zero-order valence-corrected chi connectivity index (χ0v) is 16.0. The molecule has 150 valence electrons. The first-order valence-corrected chi connectivity index (χ1v) is 9.40. The molecule has 0 atom stereocenters. The van der Waals surface area contributed by atoms with Crippen molar-refractivity contribution in [3.63, 3.8) is 0 Å². The monoisotopic (exact) mass is 388 g/mol. The molecule has 9 nitrogen and oxygen atoms in total. The Hall–Kier alpha value is -2.65. The maximum Gasteiger partial charge on any atom is 0.311 e. The Labute approximate surface area is 162 Å². The smallest absolute Gasteiger partial charge is 0.311 e. The molecule has 0 unspecified atom stereocenters. The first kappa shape index (κ1) is 18.7. The van der Waals surface area contributed by atoms with Crippen LogP contribution in [0, 0.1) is 16.0 Å². The van der Waals surface area contributed by atoms with Gasteiger partial charge in [-0.15, -0.1) is 0 Å². The quantitative estimate of drug-likeness (QED) is 0.574. The lowest BCUT2D eigenvalue weighted by atomic mass is 9.94. The normalized spacial score (nSPS) is 18.6. The van der Waals surface area contributed by atoms with E-state index >= 15 is 0 Å². The highest BCUT2D eigenvalue weighted by molar-refractivity contribution is 5.82. The summed E-state index contributed by atoms with van der Waals surface area (Å²) in [6.07, 6.45) is 5.36. The number of rotatable bonds is 5. The maximum absolute atomic E-state index is 11.5. The van der Waals surface area contributed by atoms with Gasteiger partial charge in [0.2, 0.25) is 0 Å². The molecule has 3 heterocycles. The molecule has 0 amide bonds. The minimum Gasteiger partial charge on any atom is -0.490 e. The number of nitrogens with zero attached hydrogens (tertiary/aromatic N) is 4. The van der Waals surface area contributed by atoms with Gasteiger partial charge in [-0.1, -0.05) is 0 Å². The third-order valence-electron chi connectivity index (χ3n) is 5.42. The van der Waals surface area contributed by atoms with Crippen molar-refractivity contribution in [3.8, 4) is 16.9 Å². The highest BCUT2D eigenvalue weighted by Gasteiger charge is 2.32. The molecule has 1 aromatic carbocycles.